The number of carbonyl (C=O) groups is 1. The fourth-order valence-corrected chi connectivity index (χ4v) is 0.898. The molecule has 0 aromatic heterocycles. The predicted molar refractivity (Wildman–Crippen MR) is 56.8 cm³/mol. The van der Waals surface area contributed by atoms with Gasteiger partial charge in [0.25, 0.3) is 0 Å². The molecular formula is C11H11N2O2. The zero-order valence-electron chi connectivity index (χ0n) is 8.12. The van der Waals surface area contributed by atoms with Gasteiger partial charge in [0.05, 0.1) is 0 Å². The molecule has 0 aliphatic carbocycles. The van der Waals surface area contributed by atoms with Crippen LogP contribution in [0.25, 0.3) is 0 Å². The molecular weight excluding hydrogens is 192 g/mol. The van der Waals surface area contributed by atoms with Crippen LogP contribution in [-0.4, -0.2) is 18.5 Å². The number of amidine groups is 1. The molecule has 1 radical (unpaired) electrons. The minimum absolute atomic E-state index is 0.00179. The van der Waals surface area contributed by atoms with Gasteiger partial charge in [-0.3, -0.25) is 10.7 Å². The van der Waals surface area contributed by atoms with E-state index in [1.54, 1.807) is 24.3 Å². The summed E-state index contributed by atoms with van der Waals surface area (Å²) in [6, 6.07) is 9.51. The van der Waals surface area contributed by atoms with E-state index in [-0.39, 0.29) is 12.4 Å². The average molecular weight is 203 g/mol. The second kappa shape index (κ2) is 5.59. The lowest BCUT2D eigenvalue weighted by Crippen LogP contribution is -2.31. The van der Waals surface area contributed by atoms with Crippen molar-refractivity contribution in [1.29, 1.82) is 5.41 Å². The standard InChI is InChI=1S/C11H11N2O2/c1-2-8-15-11(14)13-10(12)9-6-4-3-5-7-9/h2,4-7H,1,8H2,(H2,12,13,14). The van der Waals surface area contributed by atoms with E-state index in [0.29, 0.717) is 5.56 Å². The van der Waals surface area contributed by atoms with Gasteiger partial charge in [0.15, 0.2) is 0 Å². The van der Waals surface area contributed by atoms with Gasteiger partial charge in [-0.05, 0) is 6.07 Å². The number of rotatable bonds is 3. The molecule has 0 saturated carbocycles. The molecule has 0 heterocycles. The lowest BCUT2D eigenvalue weighted by Gasteiger charge is -2.06. The first-order chi connectivity index (χ1) is 7.24. The molecule has 0 unspecified atom stereocenters. The quantitative estimate of drug-likeness (QED) is 0.446. The Balaban J connectivity index is 2.49. The summed E-state index contributed by atoms with van der Waals surface area (Å²) in [6.45, 7) is 3.53. The first kappa shape index (κ1) is 11.0. The molecule has 0 saturated heterocycles. The fourth-order valence-electron chi connectivity index (χ4n) is 0.898. The highest BCUT2D eigenvalue weighted by molar-refractivity contribution is 6.04. The van der Waals surface area contributed by atoms with Gasteiger partial charge in [-0.15, -0.1) is 0 Å². The fraction of sp³-hybridized carbons (Fsp3) is 0.0909. The summed E-state index contributed by atoms with van der Waals surface area (Å²) in [5, 5.41) is 9.84. The van der Waals surface area contributed by atoms with Crippen molar-refractivity contribution in [3.05, 3.63) is 48.6 Å². The Labute approximate surface area is 88.1 Å². The molecule has 0 spiro atoms. The Morgan fingerprint density at radius 2 is 2.27 bits per heavy atom. The van der Waals surface area contributed by atoms with Gasteiger partial charge in [-0.1, -0.05) is 36.9 Å². The van der Waals surface area contributed by atoms with Crippen LogP contribution in [-0.2, 0) is 4.74 Å². The molecule has 1 rings (SSSR count). The zero-order valence-corrected chi connectivity index (χ0v) is 8.12. The first-order valence-electron chi connectivity index (χ1n) is 4.33. The third kappa shape index (κ3) is 3.64. The molecule has 0 aliphatic rings. The van der Waals surface area contributed by atoms with Gasteiger partial charge in [0, 0.05) is 5.56 Å². The van der Waals surface area contributed by atoms with Crippen molar-refractivity contribution in [2.24, 2.45) is 0 Å². The van der Waals surface area contributed by atoms with Crippen LogP contribution in [0.2, 0.25) is 0 Å². The minimum Gasteiger partial charge on any atom is -0.445 e. The largest absolute Gasteiger partial charge is 0.445 e. The summed E-state index contributed by atoms with van der Waals surface area (Å²) in [7, 11) is 0. The summed E-state index contributed by atoms with van der Waals surface area (Å²) < 4.78 is 4.67. The number of nitrogens with one attached hydrogen (secondary N) is 2. The number of alkyl carbamates (subject to hydrolysis) is 1. The normalized spacial score (nSPS) is 9.07. The van der Waals surface area contributed by atoms with Crippen LogP contribution in [0.15, 0.2) is 36.9 Å². The molecule has 0 aliphatic heterocycles. The van der Waals surface area contributed by atoms with Gasteiger partial charge >= 0.3 is 6.09 Å². The molecule has 77 valence electrons. The third-order valence-electron chi connectivity index (χ3n) is 1.57. The van der Waals surface area contributed by atoms with Crippen molar-refractivity contribution in [3.8, 4) is 0 Å². The topological polar surface area (TPSA) is 62.2 Å². The maximum Gasteiger partial charge on any atom is 0.413 e. The van der Waals surface area contributed by atoms with Crippen molar-refractivity contribution in [3.63, 3.8) is 0 Å². The van der Waals surface area contributed by atoms with Crippen molar-refractivity contribution >= 4 is 11.9 Å². The van der Waals surface area contributed by atoms with Gasteiger partial charge in [0.1, 0.15) is 12.4 Å². The lowest BCUT2D eigenvalue weighted by atomic mass is 10.2. The van der Waals surface area contributed by atoms with Crippen LogP contribution in [0.4, 0.5) is 4.79 Å². The highest BCUT2D eigenvalue weighted by atomic mass is 16.5. The van der Waals surface area contributed by atoms with Crippen LogP contribution in [0.3, 0.4) is 0 Å². The minimum atomic E-state index is -0.660. The van der Waals surface area contributed by atoms with E-state index in [1.807, 2.05) is 0 Å². The highest BCUT2D eigenvalue weighted by Gasteiger charge is 2.05. The summed E-state index contributed by atoms with van der Waals surface area (Å²) >= 11 is 0. The van der Waals surface area contributed by atoms with Gasteiger partial charge < -0.3 is 4.74 Å². The molecule has 4 heteroatoms. The van der Waals surface area contributed by atoms with E-state index in [0.717, 1.165) is 0 Å². The van der Waals surface area contributed by atoms with Crippen LogP contribution < -0.4 is 5.32 Å². The van der Waals surface area contributed by atoms with E-state index in [9.17, 15) is 4.79 Å². The number of hydrogen-bond acceptors (Lipinski definition) is 3. The maximum atomic E-state index is 11.1. The van der Waals surface area contributed by atoms with Crippen LogP contribution in [0.5, 0.6) is 0 Å². The van der Waals surface area contributed by atoms with Gasteiger partial charge in [-0.2, -0.15) is 0 Å². The van der Waals surface area contributed by atoms with Crippen LogP contribution in [0.1, 0.15) is 5.56 Å². The Hall–Kier alpha value is -2.10. The molecule has 1 amide bonds. The summed E-state index contributed by atoms with van der Waals surface area (Å²) in [4.78, 5) is 11.1. The molecule has 15 heavy (non-hydrogen) atoms. The average Bonchev–Trinajstić information content (AvgIpc) is 2.27. The Morgan fingerprint density at radius 3 is 2.87 bits per heavy atom. The van der Waals surface area contributed by atoms with E-state index in [2.05, 4.69) is 22.7 Å². The molecule has 4 nitrogen and oxygen atoms in total. The monoisotopic (exact) mass is 203 g/mol. The van der Waals surface area contributed by atoms with E-state index < -0.39 is 6.09 Å². The zero-order chi connectivity index (χ0) is 11.1. The molecule has 0 bridgehead atoms. The van der Waals surface area contributed by atoms with Crippen molar-refractivity contribution in [2.75, 3.05) is 6.61 Å². The van der Waals surface area contributed by atoms with E-state index >= 15 is 0 Å². The van der Waals surface area contributed by atoms with Crippen molar-refractivity contribution < 1.29 is 9.53 Å². The molecule has 2 N–H and O–H groups in total. The molecule has 1 aromatic rings. The molecule has 1 aromatic carbocycles. The second-order valence-electron chi connectivity index (χ2n) is 2.68. The first-order valence-corrected chi connectivity index (χ1v) is 4.33. The number of amides is 1. The van der Waals surface area contributed by atoms with E-state index in [4.69, 9.17) is 5.41 Å². The number of ether oxygens (including phenoxy) is 1. The van der Waals surface area contributed by atoms with Crippen LogP contribution >= 0.6 is 0 Å². The Morgan fingerprint density at radius 1 is 1.60 bits per heavy atom. The predicted octanol–water partition coefficient (Wildman–Crippen LogP) is 1.72. The van der Waals surface area contributed by atoms with Gasteiger partial charge in [0.2, 0.25) is 0 Å². The van der Waals surface area contributed by atoms with E-state index in [1.165, 1.54) is 6.08 Å². The van der Waals surface area contributed by atoms with Crippen molar-refractivity contribution in [2.45, 2.75) is 0 Å². The highest BCUT2D eigenvalue weighted by Crippen LogP contribution is 1.97. The maximum absolute atomic E-state index is 11.1. The summed E-state index contributed by atoms with van der Waals surface area (Å²) in [5.74, 6) is -0.00179. The Kier molecular flexibility index (Phi) is 4.09. The number of benzene rings is 1. The lowest BCUT2D eigenvalue weighted by molar-refractivity contribution is 0.164. The Bertz CT molecular complexity index is 360. The summed E-state index contributed by atoms with van der Waals surface area (Å²) in [6.07, 6.45) is 0.799. The SMILES string of the molecule is C=CCOC(=O)NC(=N)c1cc[c]cc1. The molecule has 0 atom stereocenters. The van der Waals surface area contributed by atoms with Gasteiger partial charge in [-0.25, -0.2) is 4.79 Å². The number of carbonyl (C=O) groups excluding carboxylic acids is 1. The smallest absolute Gasteiger partial charge is 0.413 e. The number of hydrogen-bond donors (Lipinski definition) is 2. The van der Waals surface area contributed by atoms with Crippen LogP contribution in [0, 0.1) is 11.5 Å². The summed E-state index contributed by atoms with van der Waals surface area (Å²) in [5.41, 5.74) is 0.601. The third-order valence-corrected chi connectivity index (χ3v) is 1.57. The molecule has 0 fully saturated rings. The van der Waals surface area contributed by atoms with Crippen molar-refractivity contribution in [1.82, 2.24) is 5.32 Å². The second-order valence-corrected chi connectivity index (χ2v) is 2.68.